The number of nitrogens with zero attached hydrogens (tertiary/aromatic N) is 2. The highest BCUT2D eigenvalue weighted by Crippen LogP contribution is 2.20. The topological polar surface area (TPSA) is 97.0 Å². The van der Waals surface area contributed by atoms with Crippen molar-refractivity contribution in [2.24, 2.45) is 16.6 Å². The zero-order valence-corrected chi connectivity index (χ0v) is 15.1. The fourth-order valence-electron chi connectivity index (χ4n) is 2.76. The maximum atomic E-state index is 11.4. The minimum Gasteiger partial charge on any atom is -0.493 e. The van der Waals surface area contributed by atoms with Gasteiger partial charge in [0.1, 0.15) is 5.75 Å². The molecule has 26 heavy (non-hydrogen) atoms. The van der Waals surface area contributed by atoms with E-state index in [0.717, 1.165) is 31.7 Å². The van der Waals surface area contributed by atoms with Gasteiger partial charge in [-0.15, -0.1) is 0 Å². The number of ketones is 1. The molecule has 0 aliphatic carbocycles. The number of hydrogen-bond acceptors (Lipinski definition) is 6. The number of ether oxygens (including phenoxy) is 1. The summed E-state index contributed by atoms with van der Waals surface area (Å²) in [7, 11) is 0. The molecule has 1 aliphatic rings. The van der Waals surface area contributed by atoms with Crippen LogP contribution in [0.15, 0.2) is 41.2 Å². The summed E-state index contributed by atoms with van der Waals surface area (Å²) in [6.07, 6.45) is 5.51. The van der Waals surface area contributed by atoms with Gasteiger partial charge < -0.3 is 15.8 Å². The van der Waals surface area contributed by atoms with Crippen LogP contribution in [-0.4, -0.2) is 49.7 Å². The fourth-order valence-corrected chi connectivity index (χ4v) is 2.76. The summed E-state index contributed by atoms with van der Waals surface area (Å²) in [5.41, 5.74) is 6.54. The largest absolute Gasteiger partial charge is 0.493 e. The molecule has 3 N–H and O–H groups in total. The Balaban J connectivity index is 1.71. The molecule has 1 saturated heterocycles. The van der Waals surface area contributed by atoms with Crippen LogP contribution in [-0.2, 0) is 4.79 Å². The van der Waals surface area contributed by atoms with E-state index >= 15 is 0 Å². The molecule has 1 aliphatic heterocycles. The van der Waals surface area contributed by atoms with Crippen molar-refractivity contribution in [2.75, 3.05) is 26.4 Å². The van der Waals surface area contributed by atoms with Crippen LogP contribution in [0.2, 0.25) is 0 Å². The van der Waals surface area contributed by atoms with Crippen molar-refractivity contribution in [3.05, 3.63) is 41.7 Å². The molecule has 7 heteroatoms. The summed E-state index contributed by atoms with van der Waals surface area (Å²) in [6, 6.07) is 7.31. The molecule has 0 bridgehead atoms. The predicted molar refractivity (Wildman–Crippen MR) is 101 cm³/mol. The van der Waals surface area contributed by atoms with Gasteiger partial charge in [0, 0.05) is 31.1 Å². The molecule has 7 nitrogen and oxygen atoms in total. The van der Waals surface area contributed by atoms with Crippen LogP contribution in [0.5, 0.6) is 5.75 Å². The first-order valence-electron chi connectivity index (χ1n) is 8.70. The van der Waals surface area contributed by atoms with E-state index in [1.807, 2.05) is 12.1 Å². The first-order valence-corrected chi connectivity index (χ1v) is 8.70. The molecule has 0 radical (unpaired) electrons. The molecule has 2 rings (SSSR count). The highest BCUT2D eigenvalue weighted by atomic mass is 16.5. The molecule has 1 aromatic rings. The molecule has 1 fully saturated rings. The first-order chi connectivity index (χ1) is 12.6. The molecule has 0 aromatic heterocycles. The number of carbonyl (C=O) groups excluding carboxylic acids is 2. The van der Waals surface area contributed by atoms with Crippen LogP contribution in [0.25, 0.3) is 0 Å². The Hall–Kier alpha value is -2.67. The minimum absolute atomic E-state index is 0.0419. The third-order valence-electron chi connectivity index (χ3n) is 4.35. The number of rotatable bonds is 9. The Morgan fingerprint density at radius 1 is 1.42 bits per heavy atom. The molecular formula is C19H26N4O3. The number of nitrogens with two attached hydrogens (primary N) is 1. The van der Waals surface area contributed by atoms with Gasteiger partial charge in [0.25, 0.3) is 0 Å². The molecule has 0 spiro atoms. The average molecular weight is 358 g/mol. The molecule has 1 aromatic carbocycles. The van der Waals surface area contributed by atoms with Crippen LogP contribution in [0.3, 0.4) is 0 Å². The van der Waals surface area contributed by atoms with Crippen molar-refractivity contribution in [3.63, 3.8) is 0 Å². The normalized spacial score (nSPS) is 16.6. The van der Waals surface area contributed by atoms with Crippen LogP contribution in [0.4, 0.5) is 0 Å². The van der Waals surface area contributed by atoms with Crippen LogP contribution < -0.4 is 15.8 Å². The smallest absolute Gasteiger partial charge is 0.211 e. The Morgan fingerprint density at radius 3 is 2.85 bits per heavy atom. The van der Waals surface area contributed by atoms with E-state index in [9.17, 15) is 9.59 Å². The maximum Gasteiger partial charge on any atom is 0.211 e. The monoisotopic (exact) mass is 358 g/mol. The highest BCUT2D eigenvalue weighted by molar-refractivity contribution is 5.94. The van der Waals surface area contributed by atoms with E-state index in [0.29, 0.717) is 36.9 Å². The molecule has 1 heterocycles. The number of allylic oxidation sites excluding steroid dienone is 1. The summed E-state index contributed by atoms with van der Waals surface area (Å²) < 4.78 is 5.86. The number of carbonyl (C=O) groups is 2. The van der Waals surface area contributed by atoms with E-state index in [-0.39, 0.29) is 5.78 Å². The SMILES string of the molecule is CC(=O)c1cccc(OCC2CCN(C/N=C\C(=C/N)NC=O)CC2)c1. The number of hydrogen-bond donors (Lipinski definition) is 2. The molecule has 1 amide bonds. The van der Waals surface area contributed by atoms with Gasteiger partial charge in [-0.25, -0.2) is 0 Å². The number of aliphatic imine (C=N–C) groups is 1. The van der Waals surface area contributed by atoms with Crippen LogP contribution >= 0.6 is 0 Å². The van der Waals surface area contributed by atoms with Gasteiger partial charge in [-0.3, -0.25) is 19.5 Å². The molecule has 140 valence electrons. The standard InChI is InChI=1S/C19H26N4O3/c1-15(25)17-3-2-4-19(9-17)26-12-16-5-7-23(8-6-16)13-21-11-18(10-20)22-14-24/h2-4,9-11,14,16H,5-8,12-13,20H2,1H3,(H,22,24)/b18-10+,21-11-. The van der Waals surface area contributed by atoms with Gasteiger partial charge in [-0.1, -0.05) is 12.1 Å². The quantitative estimate of drug-likeness (QED) is 0.397. The summed E-state index contributed by atoms with van der Waals surface area (Å²) in [4.78, 5) is 28.3. The van der Waals surface area contributed by atoms with Crippen molar-refractivity contribution in [2.45, 2.75) is 19.8 Å². The summed E-state index contributed by atoms with van der Waals surface area (Å²) >= 11 is 0. The third kappa shape index (κ3) is 6.33. The second kappa shape index (κ2) is 10.4. The predicted octanol–water partition coefficient (Wildman–Crippen LogP) is 1.55. The second-order valence-electron chi connectivity index (χ2n) is 6.29. The highest BCUT2D eigenvalue weighted by Gasteiger charge is 2.19. The van der Waals surface area contributed by atoms with Crippen molar-refractivity contribution in [1.29, 1.82) is 0 Å². The lowest BCUT2D eigenvalue weighted by molar-refractivity contribution is -0.108. The Kier molecular flexibility index (Phi) is 7.82. The number of amides is 1. The second-order valence-corrected chi connectivity index (χ2v) is 6.29. The van der Waals surface area contributed by atoms with E-state index in [1.54, 1.807) is 25.3 Å². The molecule has 0 unspecified atom stereocenters. The Labute approximate surface area is 153 Å². The van der Waals surface area contributed by atoms with Gasteiger partial charge in [-0.2, -0.15) is 0 Å². The van der Waals surface area contributed by atoms with E-state index in [1.165, 1.54) is 6.20 Å². The molecule has 0 saturated carbocycles. The number of nitrogens with one attached hydrogen (secondary N) is 1. The van der Waals surface area contributed by atoms with E-state index in [4.69, 9.17) is 10.5 Å². The lowest BCUT2D eigenvalue weighted by atomic mass is 9.98. The Bertz CT molecular complexity index is 665. The zero-order valence-electron chi connectivity index (χ0n) is 15.1. The fraction of sp³-hybridized carbons (Fsp3) is 0.421. The molecule has 0 atom stereocenters. The van der Waals surface area contributed by atoms with Gasteiger partial charge in [0.05, 0.1) is 19.0 Å². The lowest BCUT2D eigenvalue weighted by Crippen LogP contribution is -2.35. The van der Waals surface area contributed by atoms with Gasteiger partial charge in [0.2, 0.25) is 6.41 Å². The van der Waals surface area contributed by atoms with Crippen molar-refractivity contribution < 1.29 is 14.3 Å². The third-order valence-corrected chi connectivity index (χ3v) is 4.35. The maximum absolute atomic E-state index is 11.4. The zero-order chi connectivity index (χ0) is 18.8. The van der Waals surface area contributed by atoms with Crippen LogP contribution in [0, 0.1) is 5.92 Å². The van der Waals surface area contributed by atoms with Crippen LogP contribution in [0.1, 0.15) is 30.1 Å². The number of Topliss-reactive ketones (excluding diaryl/α,β-unsaturated/α-hetero) is 1. The van der Waals surface area contributed by atoms with Gasteiger partial charge in [0.15, 0.2) is 5.78 Å². The first kappa shape index (κ1) is 19.7. The minimum atomic E-state index is 0.0419. The van der Waals surface area contributed by atoms with Crippen molar-refractivity contribution in [3.8, 4) is 5.75 Å². The number of piperidine rings is 1. The van der Waals surface area contributed by atoms with E-state index < -0.39 is 0 Å². The number of benzene rings is 1. The average Bonchev–Trinajstić information content (AvgIpc) is 2.67. The summed E-state index contributed by atoms with van der Waals surface area (Å²) in [6.45, 7) is 4.68. The van der Waals surface area contributed by atoms with Crippen molar-refractivity contribution in [1.82, 2.24) is 10.2 Å². The summed E-state index contributed by atoms with van der Waals surface area (Å²) in [5, 5.41) is 2.47. The summed E-state index contributed by atoms with van der Waals surface area (Å²) in [5.74, 6) is 1.28. The Morgan fingerprint density at radius 2 is 2.19 bits per heavy atom. The van der Waals surface area contributed by atoms with Gasteiger partial charge >= 0.3 is 0 Å². The lowest BCUT2D eigenvalue weighted by Gasteiger charge is -2.30. The number of likely N-dealkylation sites (tertiary alicyclic amines) is 1. The van der Waals surface area contributed by atoms with Crippen molar-refractivity contribution >= 4 is 18.4 Å². The molecular weight excluding hydrogens is 332 g/mol. The van der Waals surface area contributed by atoms with E-state index in [2.05, 4.69) is 15.2 Å². The van der Waals surface area contributed by atoms with Gasteiger partial charge in [-0.05, 0) is 37.8 Å².